The highest BCUT2D eigenvalue weighted by Gasteiger charge is 2.30. The summed E-state index contributed by atoms with van der Waals surface area (Å²) in [6.07, 6.45) is 1.96. The predicted molar refractivity (Wildman–Crippen MR) is 106 cm³/mol. The Morgan fingerprint density at radius 1 is 1.15 bits per heavy atom. The van der Waals surface area contributed by atoms with Crippen molar-refractivity contribution in [3.63, 3.8) is 0 Å². The van der Waals surface area contributed by atoms with E-state index >= 15 is 0 Å². The average molecular weight is 386 g/mol. The van der Waals surface area contributed by atoms with Crippen LogP contribution in [0.1, 0.15) is 30.9 Å². The maximum atomic E-state index is 12.5. The molecule has 26 heavy (non-hydrogen) atoms. The van der Waals surface area contributed by atoms with Crippen LogP contribution in [0.4, 0.5) is 5.69 Å². The summed E-state index contributed by atoms with van der Waals surface area (Å²) in [7, 11) is -3.68. The number of hydrogen-bond donors (Lipinski definition) is 0. The second-order valence-corrected chi connectivity index (χ2v) is 8.43. The fourth-order valence-electron chi connectivity index (χ4n) is 2.66. The number of benzene rings is 2. The fraction of sp³-hybridized carbons (Fsp3) is 0.263. The molecule has 0 unspecified atom stereocenters. The number of amidine groups is 1. The number of thioether (sulfide) groups is 1. The molecule has 0 amide bonds. The number of fused-ring (bicyclic) bond motifs is 1. The lowest BCUT2D eigenvalue weighted by Gasteiger charge is -2.30. The summed E-state index contributed by atoms with van der Waals surface area (Å²) in [5, 5.41) is 9.38. The zero-order valence-electron chi connectivity index (χ0n) is 14.4. The molecule has 2 aromatic rings. The minimum absolute atomic E-state index is 0.263. The Morgan fingerprint density at radius 3 is 2.58 bits per heavy atom. The Morgan fingerprint density at radius 2 is 1.88 bits per heavy atom. The topological polar surface area (TPSA) is 73.5 Å². The van der Waals surface area contributed by atoms with Gasteiger partial charge in [0.05, 0.1) is 17.3 Å². The van der Waals surface area contributed by atoms with Gasteiger partial charge in [0.1, 0.15) is 4.90 Å². The number of hydrogen-bond acceptors (Lipinski definition) is 5. The highest BCUT2D eigenvalue weighted by atomic mass is 32.2. The van der Waals surface area contributed by atoms with Crippen LogP contribution in [0.15, 0.2) is 57.8 Å². The van der Waals surface area contributed by atoms with Crippen molar-refractivity contribution < 1.29 is 8.42 Å². The number of unbranched alkanes of at least 4 members (excludes halogenated alkanes) is 1. The van der Waals surface area contributed by atoms with Crippen molar-refractivity contribution >= 4 is 32.6 Å². The third-order valence-corrected chi connectivity index (χ3v) is 6.53. The molecule has 0 saturated heterocycles. The molecule has 2 aromatic carbocycles. The maximum absolute atomic E-state index is 12.5. The molecule has 0 atom stereocenters. The van der Waals surface area contributed by atoms with Crippen molar-refractivity contribution in [3.05, 3.63) is 59.7 Å². The van der Waals surface area contributed by atoms with Gasteiger partial charge in [-0.25, -0.2) is 0 Å². The molecule has 0 radical (unpaired) electrons. The van der Waals surface area contributed by atoms with Crippen molar-refractivity contribution in [2.45, 2.75) is 30.4 Å². The van der Waals surface area contributed by atoms with Crippen molar-refractivity contribution in [3.8, 4) is 6.07 Å². The van der Waals surface area contributed by atoms with E-state index in [9.17, 15) is 8.42 Å². The van der Waals surface area contributed by atoms with Crippen molar-refractivity contribution in [1.29, 1.82) is 5.26 Å². The van der Waals surface area contributed by atoms with Crippen LogP contribution in [0.3, 0.4) is 0 Å². The van der Waals surface area contributed by atoms with Gasteiger partial charge in [-0.15, -0.1) is 4.40 Å². The van der Waals surface area contributed by atoms with Crippen molar-refractivity contribution in [2.75, 3.05) is 11.4 Å². The number of rotatable bonds is 5. The first-order chi connectivity index (χ1) is 12.5. The zero-order chi connectivity index (χ0) is 18.6. The maximum Gasteiger partial charge on any atom is 0.286 e. The van der Waals surface area contributed by atoms with Crippen LogP contribution < -0.4 is 4.90 Å². The van der Waals surface area contributed by atoms with Gasteiger partial charge in [-0.3, -0.25) is 0 Å². The highest BCUT2D eigenvalue weighted by Crippen LogP contribution is 2.35. The first-order valence-electron chi connectivity index (χ1n) is 8.38. The zero-order valence-corrected chi connectivity index (χ0v) is 16.1. The minimum Gasteiger partial charge on any atom is -0.319 e. The quantitative estimate of drug-likeness (QED) is 0.773. The Labute approximate surface area is 158 Å². The number of nitriles is 1. The van der Waals surface area contributed by atoms with Crippen LogP contribution >= 0.6 is 11.8 Å². The van der Waals surface area contributed by atoms with Crippen molar-refractivity contribution in [1.82, 2.24) is 0 Å². The molecule has 0 spiro atoms. The lowest BCUT2D eigenvalue weighted by atomic mass is 10.2. The number of anilines is 1. The third-order valence-electron chi connectivity index (χ3n) is 4.05. The Kier molecular flexibility index (Phi) is 5.64. The van der Waals surface area contributed by atoms with Gasteiger partial charge in [-0.05, 0) is 36.2 Å². The minimum atomic E-state index is -3.68. The van der Waals surface area contributed by atoms with Gasteiger partial charge < -0.3 is 4.90 Å². The van der Waals surface area contributed by atoms with Gasteiger partial charge in [0.25, 0.3) is 10.0 Å². The average Bonchev–Trinajstić information content (AvgIpc) is 2.66. The summed E-state index contributed by atoms with van der Waals surface area (Å²) >= 11 is 1.40. The van der Waals surface area contributed by atoms with E-state index in [4.69, 9.17) is 5.26 Å². The summed E-state index contributed by atoms with van der Waals surface area (Å²) < 4.78 is 29.1. The number of nitrogens with zero attached hydrogens (tertiary/aromatic N) is 3. The predicted octanol–water partition coefficient (Wildman–Crippen LogP) is 4.16. The molecular formula is C19H19N3O2S2. The standard InChI is InChI=1S/C19H19N3O2S2/c1-2-3-12-22-17-6-4-5-7-18(17)26(23,24)21-19(22)25-14-16-10-8-15(13-20)9-11-16/h4-11H,2-3,12,14H2,1H3. The van der Waals surface area contributed by atoms with Gasteiger partial charge in [-0.2, -0.15) is 13.7 Å². The van der Waals surface area contributed by atoms with Crippen LogP contribution in [-0.4, -0.2) is 20.1 Å². The third kappa shape index (κ3) is 3.92. The SMILES string of the molecule is CCCCN1C(SCc2ccc(C#N)cc2)=NS(=O)(=O)c2ccccc21. The van der Waals surface area contributed by atoms with Crippen LogP contribution in [0.2, 0.25) is 0 Å². The molecule has 5 nitrogen and oxygen atoms in total. The van der Waals surface area contributed by atoms with E-state index in [0.29, 0.717) is 22.2 Å². The van der Waals surface area contributed by atoms with E-state index in [0.717, 1.165) is 24.9 Å². The molecule has 1 aliphatic heterocycles. The Bertz CT molecular complexity index is 961. The normalized spacial score (nSPS) is 15.1. The lowest BCUT2D eigenvalue weighted by molar-refractivity contribution is 0.596. The molecule has 0 aliphatic carbocycles. The molecule has 134 valence electrons. The van der Waals surface area contributed by atoms with E-state index < -0.39 is 10.0 Å². The van der Waals surface area contributed by atoms with Crippen LogP contribution in [0.5, 0.6) is 0 Å². The van der Waals surface area contributed by atoms with Gasteiger partial charge in [0.2, 0.25) is 0 Å². The Hall–Kier alpha value is -2.30. The lowest BCUT2D eigenvalue weighted by Crippen LogP contribution is -2.34. The van der Waals surface area contributed by atoms with Gasteiger partial charge in [0, 0.05) is 12.3 Å². The van der Waals surface area contributed by atoms with Gasteiger partial charge >= 0.3 is 0 Å². The van der Waals surface area contributed by atoms with Gasteiger partial charge in [-0.1, -0.05) is 49.4 Å². The summed E-state index contributed by atoms with van der Waals surface area (Å²) in [5.74, 6) is 0.588. The molecule has 0 bridgehead atoms. The summed E-state index contributed by atoms with van der Waals surface area (Å²) in [6, 6.07) is 16.4. The molecule has 3 rings (SSSR count). The summed E-state index contributed by atoms with van der Waals surface area (Å²) in [5.41, 5.74) is 2.32. The van der Waals surface area contributed by atoms with E-state index in [2.05, 4.69) is 17.4 Å². The molecule has 0 N–H and O–H groups in total. The van der Waals surface area contributed by atoms with Crippen LogP contribution in [0.25, 0.3) is 0 Å². The first-order valence-corrected chi connectivity index (χ1v) is 10.8. The van der Waals surface area contributed by atoms with Gasteiger partial charge in [0.15, 0.2) is 5.17 Å². The second-order valence-electron chi connectivity index (χ2n) is 5.92. The monoisotopic (exact) mass is 385 g/mol. The second kappa shape index (κ2) is 7.94. The molecule has 1 heterocycles. The van der Waals surface area contributed by atoms with Crippen LogP contribution in [-0.2, 0) is 15.8 Å². The van der Waals surface area contributed by atoms with E-state index in [1.165, 1.54) is 11.8 Å². The number of para-hydroxylation sites is 1. The van der Waals surface area contributed by atoms with E-state index in [1.54, 1.807) is 24.3 Å². The molecule has 0 saturated carbocycles. The number of sulfonamides is 1. The molecule has 7 heteroatoms. The van der Waals surface area contributed by atoms with E-state index in [1.807, 2.05) is 29.2 Å². The van der Waals surface area contributed by atoms with Crippen molar-refractivity contribution in [2.24, 2.45) is 4.40 Å². The summed E-state index contributed by atoms with van der Waals surface area (Å²) in [6.45, 7) is 2.83. The largest absolute Gasteiger partial charge is 0.319 e. The fourth-order valence-corrected chi connectivity index (χ4v) is 5.10. The Balaban J connectivity index is 1.88. The highest BCUT2D eigenvalue weighted by molar-refractivity contribution is 8.14. The van der Waals surface area contributed by atoms with E-state index in [-0.39, 0.29) is 4.90 Å². The smallest absolute Gasteiger partial charge is 0.286 e. The van der Waals surface area contributed by atoms with Crippen LogP contribution in [0, 0.1) is 11.3 Å². The first kappa shape index (κ1) is 18.5. The molecule has 1 aliphatic rings. The molecular weight excluding hydrogens is 366 g/mol. The summed E-state index contributed by atoms with van der Waals surface area (Å²) in [4.78, 5) is 2.26. The molecule has 0 fully saturated rings. The molecule has 0 aromatic heterocycles.